The fourth-order valence-electron chi connectivity index (χ4n) is 3.21. The van der Waals surface area contributed by atoms with E-state index in [0.717, 1.165) is 29.8 Å². The minimum atomic E-state index is -0.0863. The van der Waals surface area contributed by atoms with Crippen molar-refractivity contribution in [1.29, 1.82) is 0 Å². The lowest BCUT2D eigenvalue weighted by molar-refractivity contribution is 0.0736. The van der Waals surface area contributed by atoms with Gasteiger partial charge in [-0.3, -0.25) is 4.79 Å². The van der Waals surface area contributed by atoms with Crippen LogP contribution in [0.1, 0.15) is 42.7 Å². The predicted octanol–water partition coefficient (Wildman–Crippen LogP) is 4.72. The maximum atomic E-state index is 13.1. The Bertz CT molecular complexity index is 953. The lowest BCUT2D eigenvalue weighted by Crippen LogP contribution is -2.31. The fraction of sp³-hybridized carbons (Fsp3) is 0.333. The van der Waals surface area contributed by atoms with Gasteiger partial charge in [-0.2, -0.15) is 5.10 Å². The van der Waals surface area contributed by atoms with Gasteiger partial charge in [0.25, 0.3) is 5.91 Å². The van der Waals surface area contributed by atoms with Crippen LogP contribution in [0.5, 0.6) is 11.5 Å². The van der Waals surface area contributed by atoms with Crippen molar-refractivity contribution in [3.63, 3.8) is 0 Å². The van der Waals surface area contributed by atoms with Crippen molar-refractivity contribution in [1.82, 2.24) is 14.7 Å². The molecule has 6 heteroatoms. The summed E-state index contributed by atoms with van der Waals surface area (Å²) in [5.74, 6) is 1.31. The van der Waals surface area contributed by atoms with Crippen LogP contribution in [-0.4, -0.2) is 40.8 Å². The first-order chi connectivity index (χ1) is 14.7. The Balaban J connectivity index is 1.77. The topological polar surface area (TPSA) is 56.6 Å². The smallest absolute Gasteiger partial charge is 0.274 e. The Hall–Kier alpha value is -3.28. The van der Waals surface area contributed by atoms with E-state index >= 15 is 0 Å². The number of benzene rings is 2. The normalized spacial score (nSPS) is 10.6. The van der Waals surface area contributed by atoms with Gasteiger partial charge in [0.2, 0.25) is 0 Å². The van der Waals surface area contributed by atoms with Crippen LogP contribution in [-0.2, 0) is 6.54 Å². The van der Waals surface area contributed by atoms with Crippen LogP contribution in [0.25, 0.3) is 5.69 Å². The Morgan fingerprint density at radius 1 is 1.03 bits per heavy atom. The van der Waals surface area contributed by atoms with Crippen molar-refractivity contribution in [3.8, 4) is 17.2 Å². The van der Waals surface area contributed by atoms with Gasteiger partial charge in [0, 0.05) is 19.3 Å². The summed E-state index contributed by atoms with van der Waals surface area (Å²) in [5, 5.41) is 4.49. The second-order valence-electron chi connectivity index (χ2n) is 7.04. The number of para-hydroxylation sites is 1. The summed E-state index contributed by atoms with van der Waals surface area (Å²) < 4.78 is 12.9. The van der Waals surface area contributed by atoms with Crippen molar-refractivity contribution in [2.45, 2.75) is 33.2 Å². The van der Waals surface area contributed by atoms with Crippen molar-refractivity contribution in [2.75, 3.05) is 20.3 Å². The minimum absolute atomic E-state index is 0.0863. The van der Waals surface area contributed by atoms with Crippen LogP contribution in [0.2, 0.25) is 0 Å². The molecule has 0 radical (unpaired) electrons. The van der Waals surface area contributed by atoms with E-state index in [1.54, 1.807) is 17.9 Å². The van der Waals surface area contributed by atoms with Gasteiger partial charge in [-0.15, -0.1) is 0 Å². The molecule has 0 spiro atoms. The van der Waals surface area contributed by atoms with Gasteiger partial charge in [0.15, 0.2) is 17.2 Å². The molecule has 158 valence electrons. The van der Waals surface area contributed by atoms with Crippen LogP contribution in [0.3, 0.4) is 0 Å². The van der Waals surface area contributed by atoms with E-state index in [1.807, 2.05) is 59.6 Å². The summed E-state index contributed by atoms with van der Waals surface area (Å²) in [4.78, 5) is 15.0. The largest absolute Gasteiger partial charge is 0.493 e. The molecular formula is C24H29N3O3. The van der Waals surface area contributed by atoms with Crippen LogP contribution >= 0.6 is 0 Å². The SMILES string of the molecule is CCCOc1ccc(CN(CCC)C(=O)c2ccn(-c3ccccc3)n2)cc1OC. The maximum Gasteiger partial charge on any atom is 0.274 e. The lowest BCUT2D eigenvalue weighted by Gasteiger charge is -2.22. The first kappa shape index (κ1) is 21.4. The van der Waals surface area contributed by atoms with E-state index in [-0.39, 0.29) is 5.91 Å². The van der Waals surface area contributed by atoms with Gasteiger partial charge in [0.1, 0.15) is 0 Å². The Kier molecular flexibility index (Phi) is 7.49. The summed E-state index contributed by atoms with van der Waals surface area (Å²) in [7, 11) is 1.63. The summed E-state index contributed by atoms with van der Waals surface area (Å²) in [6, 6.07) is 17.3. The number of nitrogens with zero attached hydrogens (tertiary/aromatic N) is 3. The number of hydrogen-bond donors (Lipinski definition) is 0. The average Bonchev–Trinajstić information content (AvgIpc) is 3.28. The third kappa shape index (κ3) is 5.20. The first-order valence-corrected chi connectivity index (χ1v) is 10.4. The number of ether oxygens (including phenoxy) is 2. The van der Waals surface area contributed by atoms with Crippen molar-refractivity contribution in [2.24, 2.45) is 0 Å². The number of amides is 1. The highest BCUT2D eigenvalue weighted by atomic mass is 16.5. The van der Waals surface area contributed by atoms with Gasteiger partial charge in [-0.25, -0.2) is 4.68 Å². The molecule has 0 unspecified atom stereocenters. The van der Waals surface area contributed by atoms with Crippen LogP contribution in [0, 0.1) is 0 Å². The van der Waals surface area contributed by atoms with E-state index in [9.17, 15) is 4.79 Å². The molecule has 0 aliphatic heterocycles. The number of methoxy groups -OCH3 is 1. The quantitative estimate of drug-likeness (QED) is 0.488. The highest BCUT2D eigenvalue weighted by molar-refractivity contribution is 5.92. The number of hydrogen-bond acceptors (Lipinski definition) is 4. The van der Waals surface area contributed by atoms with Gasteiger partial charge in [-0.05, 0) is 48.7 Å². The number of carbonyl (C=O) groups excluding carboxylic acids is 1. The summed E-state index contributed by atoms with van der Waals surface area (Å²) >= 11 is 0. The van der Waals surface area contributed by atoms with E-state index in [4.69, 9.17) is 9.47 Å². The standard InChI is InChI=1S/C24H29N3O3/c1-4-14-26(18-19-11-12-22(30-16-5-2)23(17-19)29-3)24(28)21-13-15-27(25-21)20-9-7-6-8-10-20/h6-13,15,17H,4-5,14,16,18H2,1-3H3. The molecular weight excluding hydrogens is 378 g/mol. The van der Waals surface area contributed by atoms with Gasteiger partial charge < -0.3 is 14.4 Å². The second kappa shape index (κ2) is 10.5. The summed E-state index contributed by atoms with van der Waals surface area (Å²) in [6.45, 7) is 5.89. The number of carbonyl (C=O) groups is 1. The molecule has 1 amide bonds. The Labute approximate surface area is 178 Å². The molecule has 0 aliphatic rings. The molecule has 2 aromatic carbocycles. The van der Waals surface area contributed by atoms with E-state index in [2.05, 4.69) is 18.9 Å². The van der Waals surface area contributed by atoms with Crippen LogP contribution in [0.15, 0.2) is 60.8 Å². The average molecular weight is 408 g/mol. The summed E-state index contributed by atoms with van der Waals surface area (Å²) in [6.07, 6.45) is 3.61. The highest BCUT2D eigenvalue weighted by Crippen LogP contribution is 2.29. The second-order valence-corrected chi connectivity index (χ2v) is 7.04. The van der Waals surface area contributed by atoms with Crippen LogP contribution in [0.4, 0.5) is 0 Å². The zero-order valence-electron chi connectivity index (χ0n) is 17.9. The zero-order chi connectivity index (χ0) is 21.3. The van der Waals surface area contributed by atoms with Crippen molar-refractivity contribution in [3.05, 3.63) is 72.1 Å². The molecule has 0 atom stereocenters. The third-order valence-electron chi connectivity index (χ3n) is 4.67. The molecule has 1 aromatic heterocycles. The van der Waals surface area contributed by atoms with Crippen molar-refractivity contribution >= 4 is 5.91 Å². The summed E-state index contributed by atoms with van der Waals surface area (Å²) in [5.41, 5.74) is 2.34. The molecule has 0 saturated heterocycles. The highest BCUT2D eigenvalue weighted by Gasteiger charge is 2.19. The fourth-order valence-corrected chi connectivity index (χ4v) is 3.21. The molecule has 3 rings (SSSR count). The zero-order valence-corrected chi connectivity index (χ0v) is 17.9. The molecule has 30 heavy (non-hydrogen) atoms. The van der Waals surface area contributed by atoms with Crippen LogP contribution < -0.4 is 9.47 Å². The first-order valence-electron chi connectivity index (χ1n) is 10.4. The molecule has 0 bridgehead atoms. The van der Waals surface area contributed by atoms with Gasteiger partial charge in [-0.1, -0.05) is 38.1 Å². The maximum absolute atomic E-state index is 13.1. The predicted molar refractivity (Wildman–Crippen MR) is 117 cm³/mol. The third-order valence-corrected chi connectivity index (χ3v) is 4.67. The molecule has 6 nitrogen and oxygen atoms in total. The molecule has 3 aromatic rings. The Morgan fingerprint density at radius 3 is 2.53 bits per heavy atom. The van der Waals surface area contributed by atoms with E-state index in [0.29, 0.717) is 31.1 Å². The minimum Gasteiger partial charge on any atom is -0.493 e. The molecule has 0 N–H and O–H groups in total. The monoisotopic (exact) mass is 407 g/mol. The van der Waals surface area contributed by atoms with E-state index in [1.165, 1.54) is 0 Å². The number of rotatable bonds is 10. The molecule has 0 fully saturated rings. The van der Waals surface area contributed by atoms with E-state index < -0.39 is 0 Å². The van der Waals surface area contributed by atoms with Crippen molar-refractivity contribution < 1.29 is 14.3 Å². The molecule has 0 saturated carbocycles. The Morgan fingerprint density at radius 2 is 1.83 bits per heavy atom. The number of aromatic nitrogens is 2. The molecule has 0 aliphatic carbocycles. The van der Waals surface area contributed by atoms with Gasteiger partial charge in [0.05, 0.1) is 19.4 Å². The molecule has 1 heterocycles. The lowest BCUT2D eigenvalue weighted by atomic mass is 10.1. The van der Waals surface area contributed by atoms with Gasteiger partial charge >= 0.3 is 0 Å².